The van der Waals surface area contributed by atoms with Crippen molar-refractivity contribution in [3.63, 3.8) is 0 Å². The lowest BCUT2D eigenvalue weighted by molar-refractivity contribution is -0.129. The molecule has 2 heterocycles. The third-order valence-electron chi connectivity index (χ3n) is 5.86. The Hall–Kier alpha value is -1.82. The van der Waals surface area contributed by atoms with Crippen molar-refractivity contribution in [2.24, 2.45) is 11.8 Å². The summed E-state index contributed by atoms with van der Waals surface area (Å²) in [5.74, 6) is 1.54. The van der Waals surface area contributed by atoms with Crippen molar-refractivity contribution < 1.29 is 14.0 Å². The van der Waals surface area contributed by atoms with Gasteiger partial charge in [0.1, 0.15) is 0 Å². The zero-order chi connectivity index (χ0) is 19.2. The average molecular weight is 376 g/mol. The van der Waals surface area contributed by atoms with Gasteiger partial charge in [0.15, 0.2) is 5.76 Å². The molecule has 0 aromatic carbocycles. The number of nitrogens with one attached hydrogen (secondary N) is 1. The van der Waals surface area contributed by atoms with E-state index in [0.29, 0.717) is 30.7 Å². The van der Waals surface area contributed by atoms with Crippen LogP contribution in [0.1, 0.15) is 56.5 Å². The normalized spacial score (nSPS) is 20.2. The van der Waals surface area contributed by atoms with Gasteiger partial charge in [0, 0.05) is 32.7 Å². The first-order valence-corrected chi connectivity index (χ1v) is 10.4. The van der Waals surface area contributed by atoms with Crippen LogP contribution in [-0.2, 0) is 4.79 Å². The Balaban J connectivity index is 1.58. The summed E-state index contributed by atoms with van der Waals surface area (Å²) in [6.07, 6.45) is 7.24. The molecule has 1 aromatic rings. The number of hydrogen-bond donors (Lipinski definition) is 1. The maximum absolute atomic E-state index is 13.0. The van der Waals surface area contributed by atoms with Crippen LogP contribution in [0.15, 0.2) is 22.8 Å². The SMILES string of the molecule is CC(C)CCNC(=O)[C@@H](C1CCCC1)N1CCN(C(=O)c2ccco2)CC1. The zero-order valence-corrected chi connectivity index (χ0v) is 16.7. The van der Waals surface area contributed by atoms with E-state index in [4.69, 9.17) is 4.42 Å². The van der Waals surface area contributed by atoms with E-state index in [1.807, 2.05) is 4.90 Å². The molecule has 2 fully saturated rings. The predicted octanol–water partition coefficient (Wildman–Crippen LogP) is 2.76. The minimum Gasteiger partial charge on any atom is -0.459 e. The van der Waals surface area contributed by atoms with Gasteiger partial charge in [-0.1, -0.05) is 26.7 Å². The molecular weight excluding hydrogens is 342 g/mol. The number of piperazine rings is 1. The molecule has 1 aliphatic carbocycles. The summed E-state index contributed by atoms with van der Waals surface area (Å²) in [5, 5.41) is 3.17. The Bertz CT molecular complexity index is 600. The number of amides is 2. The van der Waals surface area contributed by atoms with Gasteiger partial charge in [-0.2, -0.15) is 0 Å². The van der Waals surface area contributed by atoms with Crippen LogP contribution >= 0.6 is 0 Å². The van der Waals surface area contributed by atoms with Crippen molar-refractivity contribution in [1.82, 2.24) is 15.1 Å². The first kappa shape index (κ1) is 19.9. The van der Waals surface area contributed by atoms with Gasteiger partial charge in [-0.3, -0.25) is 14.5 Å². The Labute approximate surface area is 162 Å². The van der Waals surface area contributed by atoms with Crippen LogP contribution in [0.4, 0.5) is 0 Å². The largest absolute Gasteiger partial charge is 0.459 e. The topological polar surface area (TPSA) is 65.8 Å². The monoisotopic (exact) mass is 375 g/mol. The van der Waals surface area contributed by atoms with Crippen LogP contribution < -0.4 is 5.32 Å². The van der Waals surface area contributed by atoms with E-state index in [1.165, 1.54) is 19.1 Å². The fraction of sp³-hybridized carbons (Fsp3) is 0.714. The van der Waals surface area contributed by atoms with Crippen molar-refractivity contribution in [3.05, 3.63) is 24.2 Å². The number of carbonyl (C=O) groups is 2. The molecule has 1 N–H and O–H groups in total. The van der Waals surface area contributed by atoms with E-state index < -0.39 is 0 Å². The molecule has 0 radical (unpaired) electrons. The molecule has 1 saturated heterocycles. The molecule has 1 aliphatic heterocycles. The van der Waals surface area contributed by atoms with Gasteiger partial charge < -0.3 is 14.6 Å². The van der Waals surface area contributed by atoms with Gasteiger partial charge in [-0.15, -0.1) is 0 Å². The molecule has 0 spiro atoms. The van der Waals surface area contributed by atoms with Crippen molar-refractivity contribution >= 4 is 11.8 Å². The summed E-state index contributed by atoms with van der Waals surface area (Å²) < 4.78 is 5.24. The van der Waals surface area contributed by atoms with Crippen molar-refractivity contribution in [2.45, 2.75) is 52.0 Å². The lowest BCUT2D eigenvalue weighted by Crippen LogP contribution is -2.58. The Morgan fingerprint density at radius 3 is 2.48 bits per heavy atom. The molecule has 2 amide bonds. The van der Waals surface area contributed by atoms with Gasteiger partial charge in [0.2, 0.25) is 5.91 Å². The van der Waals surface area contributed by atoms with E-state index in [9.17, 15) is 9.59 Å². The summed E-state index contributed by atoms with van der Waals surface area (Å²) in [5.41, 5.74) is 0. The first-order chi connectivity index (χ1) is 13.1. The van der Waals surface area contributed by atoms with E-state index >= 15 is 0 Å². The van der Waals surface area contributed by atoms with Crippen molar-refractivity contribution in [2.75, 3.05) is 32.7 Å². The summed E-state index contributed by atoms with van der Waals surface area (Å²) in [4.78, 5) is 29.6. The van der Waals surface area contributed by atoms with E-state index in [-0.39, 0.29) is 17.9 Å². The standard InChI is InChI=1S/C21H33N3O3/c1-16(2)9-10-22-20(25)19(17-6-3-4-7-17)23-11-13-24(14-12-23)21(26)18-8-5-15-27-18/h5,8,15-17,19H,3-4,6-7,9-14H2,1-2H3,(H,22,25)/t19-/m1/s1. The minimum atomic E-state index is -0.0570. The first-order valence-electron chi connectivity index (χ1n) is 10.4. The number of rotatable bonds is 7. The molecule has 27 heavy (non-hydrogen) atoms. The molecule has 6 nitrogen and oxygen atoms in total. The van der Waals surface area contributed by atoms with Crippen LogP contribution in [0.2, 0.25) is 0 Å². The van der Waals surface area contributed by atoms with Gasteiger partial charge >= 0.3 is 0 Å². The quantitative estimate of drug-likeness (QED) is 0.796. The van der Waals surface area contributed by atoms with E-state index in [2.05, 4.69) is 24.1 Å². The van der Waals surface area contributed by atoms with E-state index in [0.717, 1.165) is 38.9 Å². The Morgan fingerprint density at radius 2 is 1.89 bits per heavy atom. The summed E-state index contributed by atoms with van der Waals surface area (Å²) in [6, 6.07) is 3.39. The molecule has 1 saturated carbocycles. The molecule has 0 bridgehead atoms. The van der Waals surface area contributed by atoms with Crippen LogP contribution in [0.5, 0.6) is 0 Å². The molecule has 3 rings (SSSR count). The third-order valence-corrected chi connectivity index (χ3v) is 5.86. The van der Waals surface area contributed by atoms with Crippen LogP contribution in [0.25, 0.3) is 0 Å². The molecule has 1 atom stereocenters. The summed E-state index contributed by atoms with van der Waals surface area (Å²) in [7, 11) is 0. The second-order valence-electron chi connectivity index (χ2n) is 8.27. The third kappa shape index (κ3) is 5.12. The number of hydrogen-bond acceptors (Lipinski definition) is 4. The maximum atomic E-state index is 13.0. The molecular formula is C21H33N3O3. The zero-order valence-electron chi connectivity index (χ0n) is 16.7. The van der Waals surface area contributed by atoms with Crippen molar-refractivity contribution in [1.29, 1.82) is 0 Å². The highest BCUT2D eigenvalue weighted by atomic mass is 16.3. The predicted molar refractivity (Wildman–Crippen MR) is 104 cm³/mol. The highest BCUT2D eigenvalue weighted by molar-refractivity contribution is 5.91. The number of nitrogens with zero attached hydrogens (tertiary/aromatic N) is 2. The Kier molecular flexibility index (Phi) is 6.94. The minimum absolute atomic E-state index is 0.0551. The maximum Gasteiger partial charge on any atom is 0.289 e. The van der Waals surface area contributed by atoms with Gasteiger partial charge in [-0.05, 0) is 43.2 Å². The van der Waals surface area contributed by atoms with Crippen LogP contribution in [0.3, 0.4) is 0 Å². The Morgan fingerprint density at radius 1 is 1.19 bits per heavy atom. The van der Waals surface area contributed by atoms with E-state index in [1.54, 1.807) is 12.1 Å². The number of furan rings is 1. The summed E-state index contributed by atoms with van der Waals surface area (Å²) in [6.45, 7) is 7.86. The summed E-state index contributed by atoms with van der Waals surface area (Å²) >= 11 is 0. The second kappa shape index (κ2) is 9.40. The molecule has 1 aromatic heterocycles. The highest BCUT2D eigenvalue weighted by Gasteiger charge is 2.37. The van der Waals surface area contributed by atoms with Gasteiger partial charge in [0.05, 0.1) is 12.3 Å². The van der Waals surface area contributed by atoms with Gasteiger partial charge in [-0.25, -0.2) is 0 Å². The van der Waals surface area contributed by atoms with Gasteiger partial charge in [0.25, 0.3) is 5.91 Å². The smallest absolute Gasteiger partial charge is 0.289 e. The molecule has 0 unspecified atom stereocenters. The molecule has 6 heteroatoms. The lowest BCUT2D eigenvalue weighted by atomic mass is 9.94. The van der Waals surface area contributed by atoms with Crippen molar-refractivity contribution in [3.8, 4) is 0 Å². The number of carbonyl (C=O) groups excluding carboxylic acids is 2. The highest BCUT2D eigenvalue weighted by Crippen LogP contribution is 2.31. The second-order valence-corrected chi connectivity index (χ2v) is 8.27. The average Bonchev–Trinajstić information content (AvgIpc) is 3.36. The van der Waals surface area contributed by atoms with Crippen LogP contribution in [-0.4, -0.2) is 60.4 Å². The fourth-order valence-electron chi connectivity index (χ4n) is 4.30. The lowest BCUT2D eigenvalue weighted by Gasteiger charge is -2.40. The molecule has 150 valence electrons. The van der Waals surface area contributed by atoms with Crippen LogP contribution in [0, 0.1) is 11.8 Å². The molecule has 2 aliphatic rings. The fourth-order valence-corrected chi connectivity index (χ4v) is 4.30.